The van der Waals surface area contributed by atoms with Gasteiger partial charge in [0, 0.05) is 45.8 Å². The lowest BCUT2D eigenvalue weighted by molar-refractivity contribution is 0.233. The summed E-state index contributed by atoms with van der Waals surface area (Å²) in [6.45, 7) is 7.11. The molecule has 0 spiro atoms. The second kappa shape index (κ2) is 4.43. The van der Waals surface area contributed by atoms with Crippen LogP contribution < -0.4 is 5.32 Å². The molecular weight excluding hydrogens is 216 g/mol. The van der Waals surface area contributed by atoms with Crippen LogP contribution in [0.2, 0.25) is 0 Å². The lowest BCUT2D eigenvalue weighted by atomic mass is 10.2. The molecule has 0 aliphatic carbocycles. The fourth-order valence-electron chi connectivity index (χ4n) is 2.19. The summed E-state index contributed by atoms with van der Waals surface area (Å²) in [5.41, 5.74) is 2.69. The molecule has 1 N–H and O–H groups in total. The number of rotatable bonds is 2. The van der Waals surface area contributed by atoms with Gasteiger partial charge in [0.1, 0.15) is 5.52 Å². The smallest absolute Gasteiger partial charge is 0.246 e. The number of aryl methyl sites for hydroxylation is 1. The van der Waals surface area contributed by atoms with Gasteiger partial charge in [-0.15, -0.1) is 0 Å². The Kier molecular flexibility index (Phi) is 2.78. The minimum Gasteiger partial charge on any atom is -0.423 e. The summed E-state index contributed by atoms with van der Waals surface area (Å²) in [4.78, 5) is 11.0. The van der Waals surface area contributed by atoms with Gasteiger partial charge in [0.15, 0.2) is 5.89 Å². The summed E-state index contributed by atoms with van der Waals surface area (Å²) in [6, 6.07) is 2.07. The molecule has 1 saturated heterocycles. The number of hydrogen-bond donors (Lipinski definition) is 1. The Morgan fingerprint density at radius 1 is 1.41 bits per heavy atom. The molecule has 5 heteroatoms. The third kappa shape index (κ3) is 2.30. The lowest BCUT2D eigenvalue weighted by Gasteiger charge is -2.26. The molecule has 0 amide bonds. The number of piperazine rings is 1. The average molecular weight is 232 g/mol. The van der Waals surface area contributed by atoms with Crippen molar-refractivity contribution in [3.05, 3.63) is 23.7 Å². The average Bonchev–Trinajstić information content (AvgIpc) is 2.70. The van der Waals surface area contributed by atoms with E-state index in [0.717, 1.165) is 38.2 Å². The Bertz CT molecular complexity index is 516. The number of fused-ring (bicyclic) bond motifs is 1. The Balaban J connectivity index is 1.79. The molecule has 2 aromatic rings. The molecule has 17 heavy (non-hydrogen) atoms. The van der Waals surface area contributed by atoms with Gasteiger partial charge in [-0.3, -0.25) is 4.90 Å². The van der Waals surface area contributed by atoms with Gasteiger partial charge in [0.05, 0.1) is 0 Å². The van der Waals surface area contributed by atoms with Crippen LogP contribution in [0.25, 0.3) is 11.2 Å². The quantitative estimate of drug-likeness (QED) is 0.835. The first-order valence-electron chi connectivity index (χ1n) is 5.96. The fourth-order valence-corrected chi connectivity index (χ4v) is 2.19. The molecule has 90 valence electrons. The predicted molar refractivity (Wildman–Crippen MR) is 64.7 cm³/mol. The number of pyridine rings is 1. The molecule has 0 radical (unpaired) electrons. The van der Waals surface area contributed by atoms with E-state index >= 15 is 0 Å². The van der Waals surface area contributed by atoms with Crippen LogP contribution in [-0.4, -0.2) is 41.0 Å². The van der Waals surface area contributed by atoms with Gasteiger partial charge >= 0.3 is 0 Å². The highest BCUT2D eigenvalue weighted by Crippen LogP contribution is 2.15. The number of oxazole rings is 1. The fraction of sp³-hybridized carbons (Fsp3) is 0.500. The Hall–Kier alpha value is -1.46. The third-order valence-corrected chi connectivity index (χ3v) is 3.03. The van der Waals surface area contributed by atoms with Crippen LogP contribution in [0, 0.1) is 6.92 Å². The van der Waals surface area contributed by atoms with Crippen molar-refractivity contribution >= 4 is 11.2 Å². The first kappa shape index (κ1) is 10.7. The maximum Gasteiger partial charge on any atom is 0.246 e. The van der Waals surface area contributed by atoms with Gasteiger partial charge in [0.2, 0.25) is 5.71 Å². The van der Waals surface area contributed by atoms with Crippen LogP contribution in [-0.2, 0) is 6.54 Å². The van der Waals surface area contributed by atoms with E-state index in [1.807, 2.05) is 13.1 Å². The van der Waals surface area contributed by atoms with Gasteiger partial charge in [-0.05, 0) is 11.6 Å². The van der Waals surface area contributed by atoms with Crippen LogP contribution >= 0.6 is 0 Å². The van der Waals surface area contributed by atoms with E-state index in [-0.39, 0.29) is 0 Å². The van der Waals surface area contributed by atoms with Crippen LogP contribution in [0.5, 0.6) is 0 Å². The normalized spacial score (nSPS) is 17.7. The summed E-state index contributed by atoms with van der Waals surface area (Å²) < 4.78 is 5.37. The first-order valence-corrected chi connectivity index (χ1v) is 5.96. The highest BCUT2D eigenvalue weighted by atomic mass is 16.4. The number of nitrogens with one attached hydrogen (secondary N) is 1. The van der Waals surface area contributed by atoms with Gasteiger partial charge in [-0.25, -0.2) is 9.97 Å². The molecule has 3 heterocycles. The molecule has 3 rings (SSSR count). The second-order valence-electron chi connectivity index (χ2n) is 4.43. The van der Waals surface area contributed by atoms with E-state index in [4.69, 9.17) is 4.42 Å². The molecule has 1 aliphatic rings. The first-order chi connectivity index (χ1) is 8.31. The third-order valence-electron chi connectivity index (χ3n) is 3.03. The van der Waals surface area contributed by atoms with Crippen molar-refractivity contribution < 1.29 is 4.42 Å². The van der Waals surface area contributed by atoms with Crippen molar-refractivity contribution in [1.29, 1.82) is 0 Å². The van der Waals surface area contributed by atoms with E-state index in [9.17, 15) is 0 Å². The maximum absolute atomic E-state index is 5.37. The molecular formula is C12H16N4O. The summed E-state index contributed by atoms with van der Waals surface area (Å²) >= 11 is 0. The Labute approximate surface area is 99.8 Å². The standard InChI is InChI=1S/C12H16N4O/c1-9-15-11-6-10(7-14-12(11)17-9)8-16-4-2-13-3-5-16/h6-7,13H,2-5,8H2,1H3. The highest BCUT2D eigenvalue weighted by Gasteiger charge is 2.11. The van der Waals surface area contributed by atoms with Crippen molar-refractivity contribution in [1.82, 2.24) is 20.2 Å². The molecule has 0 aromatic carbocycles. The van der Waals surface area contributed by atoms with E-state index < -0.39 is 0 Å². The molecule has 1 fully saturated rings. The van der Waals surface area contributed by atoms with Crippen molar-refractivity contribution in [2.45, 2.75) is 13.5 Å². The molecule has 5 nitrogen and oxygen atoms in total. The van der Waals surface area contributed by atoms with Crippen LogP contribution in [0.4, 0.5) is 0 Å². The SMILES string of the molecule is Cc1nc2cc(CN3CCNCC3)cnc2o1. The zero-order chi connectivity index (χ0) is 11.7. The largest absolute Gasteiger partial charge is 0.423 e. The molecule has 0 unspecified atom stereocenters. The van der Waals surface area contributed by atoms with Crippen LogP contribution in [0.1, 0.15) is 11.5 Å². The molecule has 1 aliphatic heterocycles. The Morgan fingerprint density at radius 3 is 3.06 bits per heavy atom. The van der Waals surface area contributed by atoms with Gasteiger partial charge < -0.3 is 9.73 Å². The summed E-state index contributed by atoms with van der Waals surface area (Å²) in [5.74, 6) is 0.673. The second-order valence-corrected chi connectivity index (χ2v) is 4.43. The monoisotopic (exact) mass is 232 g/mol. The summed E-state index contributed by atoms with van der Waals surface area (Å²) in [5, 5.41) is 3.35. The molecule has 0 bridgehead atoms. The molecule has 2 aromatic heterocycles. The van der Waals surface area contributed by atoms with Crippen molar-refractivity contribution in [2.75, 3.05) is 26.2 Å². The van der Waals surface area contributed by atoms with E-state index in [0.29, 0.717) is 11.6 Å². The summed E-state index contributed by atoms with van der Waals surface area (Å²) in [7, 11) is 0. The number of nitrogens with zero attached hydrogens (tertiary/aromatic N) is 3. The molecule has 0 atom stereocenters. The zero-order valence-corrected chi connectivity index (χ0v) is 9.94. The minimum absolute atomic E-state index is 0.631. The Morgan fingerprint density at radius 2 is 2.24 bits per heavy atom. The van der Waals surface area contributed by atoms with Crippen LogP contribution in [0.15, 0.2) is 16.7 Å². The van der Waals surface area contributed by atoms with E-state index in [1.54, 1.807) is 0 Å². The maximum atomic E-state index is 5.37. The van der Waals surface area contributed by atoms with Gasteiger partial charge in [0.25, 0.3) is 0 Å². The van der Waals surface area contributed by atoms with Crippen LogP contribution in [0.3, 0.4) is 0 Å². The highest BCUT2D eigenvalue weighted by molar-refractivity contribution is 5.68. The lowest BCUT2D eigenvalue weighted by Crippen LogP contribution is -2.42. The van der Waals surface area contributed by atoms with Gasteiger partial charge in [-0.2, -0.15) is 0 Å². The van der Waals surface area contributed by atoms with E-state index in [1.165, 1.54) is 5.56 Å². The van der Waals surface area contributed by atoms with Crippen molar-refractivity contribution in [3.8, 4) is 0 Å². The minimum atomic E-state index is 0.631. The van der Waals surface area contributed by atoms with Gasteiger partial charge in [-0.1, -0.05) is 0 Å². The molecule has 0 saturated carbocycles. The zero-order valence-electron chi connectivity index (χ0n) is 9.94. The van der Waals surface area contributed by atoms with Crippen molar-refractivity contribution in [3.63, 3.8) is 0 Å². The predicted octanol–water partition coefficient (Wildman–Crippen LogP) is 0.936. The number of aromatic nitrogens is 2. The van der Waals surface area contributed by atoms with E-state index in [2.05, 4.69) is 26.3 Å². The van der Waals surface area contributed by atoms with Crippen molar-refractivity contribution in [2.24, 2.45) is 0 Å². The topological polar surface area (TPSA) is 54.2 Å². The number of hydrogen-bond acceptors (Lipinski definition) is 5. The summed E-state index contributed by atoms with van der Waals surface area (Å²) in [6.07, 6.45) is 1.88.